The lowest BCUT2D eigenvalue weighted by Gasteiger charge is -2.09. The molecule has 3 N–H and O–H groups in total. The van der Waals surface area contributed by atoms with Gasteiger partial charge in [-0.3, -0.25) is 0 Å². The highest BCUT2D eigenvalue weighted by molar-refractivity contribution is 4.55. The van der Waals surface area contributed by atoms with Gasteiger partial charge in [0.2, 0.25) is 0 Å². The minimum absolute atomic E-state index is 0.832. The average Bonchev–Trinajstić information content (AvgIpc) is 2.39. The van der Waals surface area contributed by atoms with Crippen molar-refractivity contribution < 1.29 is 0 Å². The van der Waals surface area contributed by atoms with Crippen molar-refractivity contribution >= 4 is 0 Å². The molecule has 0 spiro atoms. The highest BCUT2D eigenvalue weighted by Gasteiger charge is 1.97. The molecule has 110 valence electrons. The highest BCUT2D eigenvalue weighted by atomic mass is 14.8. The number of hydrogen-bond acceptors (Lipinski definition) is 2. The van der Waals surface area contributed by atoms with E-state index in [1.165, 1.54) is 77.3 Å². The maximum Gasteiger partial charge on any atom is -0.00233 e. The zero-order chi connectivity index (χ0) is 13.5. The molecule has 0 fully saturated rings. The Morgan fingerprint density at radius 1 is 0.833 bits per heavy atom. The maximum absolute atomic E-state index is 5.47. The molecule has 0 heterocycles. The predicted molar refractivity (Wildman–Crippen MR) is 82.9 cm³/mol. The van der Waals surface area contributed by atoms with Gasteiger partial charge in [-0.25, -0.2) is 0 Å². The minimum atomic E-state index is 0.832. The van der Waals surface area contributed by atoms with Crippen LogP contribution in [0.5, 0.6) is 0 Å². The highest BCUT2D eigenvalue weighted by Crippen LogP contribution is 2.09. The molecule has 0 aromatic carbocycles. The molecule has 0 radical (unpaired) electrons. The van der Waals surface area contributed by atoms with Crippen LogP contribution in [0.2, 0.25) is 0 Å². The van der Waals surface area contributed by atoms with Crippen molar-refractivity contribution in [3.63, 3.8) is 0 Å². The molecule has 0 aliphatic carbocycles. The van der Waals surface area contributed by atoms with Crippen molar-refractivity contribution in [3.8, 4) is 0 Å². The number of rotatable bonds is 14. The smallest absolute Gasteiger partial charge is 0.00233 e. The van der Waals surface area contributed by atoms with Crippen LogP contribution in [-0.2, 0) is 0 Å². The van der Waals surface area contributed by atoms with Crippen LogP contribution in [0, 0.1) is 5.92 Å². The zero-order valence-corrected chi connectivity index (χ0v) is 12.8. The van der Waals surface area contributed by atoms with E-state index in [-0.39, 0.29) is 0 Å². The number of nitrogens with one attached hydrogen (secondary N) is 1. The molecule has 1 atom stereocenters. The molecule has 0 rings (SSSR count). The molecular formula is C16H36N2. The summed E-state index contributed by atoms with van der Waals surface area (Å²) in [5.74, 6) is 0.832. The van der Waals surface area contributed by atoms with Gasteiger partial charge < -0.3 is 11.1 Å². The fourth-order valence-corrected chi connectivity index (χ4v) is 2.12. The standard InChI is InChI=1S/C16H36N2/c1-3-16(2)15-18-14-12-10-8-6-4-5-7-9-11-13-17/h16,18H,3-15,17H2,1-2H3. The van der Waals surface area contributed by atoms with Crippen molar-refractivity contribution in [1.29, 1.82) is 0 Å². The van der Waals surface area contributed by atoms with E-state index in [0.717, 1.165) is 12.5 Å². The van der Waals surface area contributed by atoms with Crippen LogP contribution in [0.25, 0.3) is 0 Å². The largest absolute Gasteiger partial charge is 0.330 e. The second-order valence-electron chi connectivity index (χ2n) is 5.69. The van der Waals surface area contributed by atoms with Gasteiger partial charge in [-0.05, 0) is 38.4 Å². The van der Waals surface area contributed by atoms with Gasteiger partial charge in [-0.1, -0.05) is 65.2 Å². The molecule has 0 aliphatic rings. The molecule has 0 aromatic rings. The topological polar surface area (TPSA) is 38.0 Å². The molecule has 0 amide bonds. The Hall–Kier alpha value is -0.0800. The summed E-state index contributed by atoms with van der Waals surface area (Å²) in [5, 5.41) is 3.55. The summed E-state index contributed by atoms with van der Waals surface area (Å²) in [4.78, 5) is 0. The predicted octanol–water partition coefficient (Wildman–Crippen LogP) is 4.09. The molecule has 0 saturated carbocycles. The normalized spacial score (nSPS) is 12.8. The van der Waals surface area contributed by atoms with E-state index in [4.69, 9.17) is 5.73 Å². The summed E-state index contributed by atoms with van der Waals surface area (Å²) in [6, 6.07) is 0. The van der Waals surface area contributed by atoms with Gasteiger partial charge in [0, 0.05) is 0 Å². The molecule has 0 bridgehead atoms. The van der Waals surface area contributed by atoms with Crippen LogP contribution >= 0.6 is 0 Å². The lowest BCUT2D eigenvalue weighted by Crippen LogP contribution is -2.21. The van der Waals surface area contributed by atoms with E-state index in [0.29, 0.717) is 0 Å². The third-order valence-electron chi connectivity index (χ3n) is 3.75. The van der Waals surface area contributed by atoms with Crippen LogP contribution in [0.4, 0.5) is 0 Å². The Labute approximate surface area is 115 Å². The van der Waals surface area contributed by atoms with Gasteiger partial charge in [-0.2, -0.15) is 0 Å². The molecule has 0 saturated heterocycles. The minimum Gasteiger partial charge on any atom is -0.330 e. The molecule has 2 nitrogen and oxygen atoms in total. The Bertz CT molecular complexity index is 148. The summed E-state index contributed by atoms with van der Waals surface area (Å²) >= 11 is 0. The quantitative estimate of drug-likeness (QED) is 0.459. The van der Waals surface area contributed by atoms with Crippen LogP contribution in [0.1, 0.15) is 78.1 Å². The van der Waals surface area contributed by atoms with E-state index in [2.05, 4.69) is 19.2 Å². The van der Waals surface area contributed by atoms with Gasteiger partial charge in [0.05, 0.1) is 0 Å². The molecule has 1 unspecified atom stereocenters. The van der Waals surface area contributed by atoms with E-state index in [9.17, 15) is 0 Å². The third-order valence-corrected chi connectivity index (χ3v) is 3.75. The SMILES string of the molecule is CCC(C)CNCCCCCCCCCCCN. The third kappa shape index (κ3) is 14.0. The van der Waals surface area contributed by atoms with Gasteiger partial charge in [0.15, 0.2) is 0 Å². The Morgan fingerprint density at radius 2 is 1.33 bits per heavy atom. The lowest BCUT2D eigenvalue weighted by atomic mass is 10.1. The fourth-order valence-electron chi connectivity index (χ4n) is 2.12. The number of nitrogens with two attached hydrogens (primary N) is 1. The summed E-state index contributed by atoms with van der Waals surface area (Å²) in [5.41, 5.74) is 5.47. The molecule has 0 aromatic heterocycles. The number of unbranched alkanes of at least 4 members (excludes halogenated alkanes) is 8. The maximum atomic E-state index is 5.47. The Kier molecular flexibility index (Phi) is 14.9. The van der Waals surface area contributed by atoms with Gasteiger partial charge in [0.1, 0.15) is 0 Å². The van der Waals surface area contributed by atoms with Crippen LogP contribution < -0.4 is 11.1 Å². The van der Waals surface area contributed by atoms with E-state index < -0.39 is 0 Å². The first-order valence-corrected chi connectivity index (χ1v) is 8.22. The van der Waals surface area contributed by atoms with E-state index in [1.54, 1.807) is 0 Å². The van der Waals surface area contributed by atoms with Gasteiger partial charge in [-0.15, -0.1) is 0 Å². The number of hydrogen-bond donors (Lipinski definition) is 2. The second-order valence-corrected chi connectivity index (χ2v) is 5.69. The van der Waals surface area contributed by atoms with Crippen molar-refractivity contribution in [2.75, 3.05) is 19.6 Å². The lowest BCUT2D eigenvalue weighted by molar-refractivity contribution is 0.484. The zero-order valence-electron chi connectivity index (χ0n) is 12.8. The van der Waals surface area contributed by atoms with Crippen LogP contribution in [0.3, 0.4) is 0 Å². The summed E-state index contributed by atoms with van der Waals surface area (Å²) < 4.78 is 0. The monoisotopic (exact) mass is 256 g/mol. The first-order chi connectivity index (χ1) is 8.81. The fraction of sp³-hybridized carbons (Fsp3) is 1.00. The van der Waals surface area contributed by atoms with E-state index >= 15 is 0 Å². The van der Waals surface area contributed by atoms with Crippen molar-refractivity contribution in [2.24, 2.45) is 11.7 Å². The molecule has 2 heteroatoms. The average molecular weight is 256 g/mol. The van der Waals surface area contributed by atoms with Gasteiger partial charge >= 0.3 is 0 Å². The van der Waals surface area contributed by atoms with Crippen molar-refractivity contribution in [1.82, 2.24) is 5.32 Å². The summed E-state index contributed by atoms with van der Waals surface area (Å²) in [6.45, 7) is 7.85. The molecule has 18 heavy (non-hydrogen) atoms. The molecular weight excluding hydrogens is 220 g/mol. The summed E-state index contributed by atoms with van der Waals surface area (Å²) in [6.07, 6.45) is 13.6. The Balaban J connectivity index is 2.94. The second kappa shape index (κ2) is 15.0. The summed E-state index contributed by atoms with van der Waals surface area (Å²) in [7, 11) is 0. The van der Waals surface area contributed by atoms with Crippen LogP contribution in [-0.4, -0.2) is 19.6 Å². The van der Waals surface area contributed by atoms with E-state index in [1.807, 2.05) is 0 Å². The first kappa shape index (κ1) is 17.9. The van der Waals surface area contributed by atoms with Crippen molar-refractivity contribution in [2.45, 2.75) is 78.1 Å². The van der Waals surface area contributed by atoms with Gasteiger partial charge in [0.25, 0.3) is 0 Å². The Morgan fingerprint density at radius 3 is 1.83 bits per heavy atom. The van der Waals surface area contributed by atoms with Crippen molar-refractivity contribution in [3.05, 3.63) is 0 Å². The van der Waals surface area contributed by atoms with Crippen LogP contribution in [0.15, 0.2) is 0 Å². The first-order valence-electron chi connectivity index (χ1n) is 8.22. The molecule has 0 aliphatic heterocycles.